The highest BCUT2D eigenvalue weighted by molar-refractivity contribution is 5.95. The van der Waals surface area contributed by atoms with Gasteiger partial charge in [0, 0.05) is 11.4 Å². The van der Waals surface area contributed by atoms with Gasteiger partial charge in [-0.2, -0.15) is 5.10 Å². The van der Waals surface area contributed by atoms with Crippen molar-refractivity contribution in [2.45, 2.75) is 26.7 Å². The molecule has 4 rings (SSSR count). The van der Waals surface area contributed by atoms with E-state index in [-0.39, 0.29) is 5.91 Å². The Morgan fingerprint density at radius 1 is 1.10 bits per heavy atom. The van der Waals surface area contributed by atoms with Gasteiger partial charge in [0.2, 0.25) is 5.91 Å². The van der Waals surface area contributed by atoms with Crippen LogP contribution < -0.4 is 14.8 Å². The molecule has 0 spiro atoms. The monoisotopic (exact) mass is 395 g/mol. The number of aromatic nitrogens is 2. The van der Waals surface area contributed by atoms with Crippen molar-refractivity contribution in [2.75, 3.05) is 18.5 Å². The Morgan fingerprint density at radius 3 is 2.55 bits per heavy atom. The van der Waals surface area contributed by atoms with Crippen molar-refractivity contribution in [3.8, 4) is 17.2 Å². The molecule has 6 nitrogen and oxygen atoms in total. The third-order valence-corrected chi connectivity index (χ3v) is 4.91. The molecular weight excluding hydrogens is 373 g/mol. The molecule has 150 valence electrons. The van der Waals surface area contributed by atoms with Gasteiger partial charge in [-0.25, -0.2) is 9.07 Å². The highest BCUT2D eigenvalue weighted by Gasteiger charge is 2.20. The van der Waals surface area contributed by atoms with Crippen LogP contribution in [0, 0.1) is 19.7 Å². The van der Waals surface area contributed by atoms with Gasteiger partial charge in [-0.15, -0.1) is 0 Å². The van der Waals surface area contributed by atoms with E-state index in [2.05, 4.69) is 10.4 Å². The highest BCUT2D eigenvalue weighted by atomic mass is 19.1. The van der Waals surface area contributed by atoms with E-state index in [1.54, 1.807) is 29.8 Å². The molecular formula is C22H22FN3O3. The maximum Gasteiger partial charge on any atom is 0.231 e. The molecule has 1 N–H and O–H groups in total. The van der Waals surface area contributed by atoms with E-state index in [1.165, 1.54) is 6.07 Å². The molecule has 1 unspecified atom stereocenters. The van der Waals surface area contributed by atoms with Gasteiger partial charge in [-0.3, -0.25) is 4.79 Å². The summed E-state index contributed by atoms with van der Waals surface area (Å²) < 4.78 is 27.3. The number of hydrogen-bond acceptors (Lipinski definition) is 4. The molecule has 1 atom stereocenters. The highest BCUT2D eigenvalue weighted by Crippen LogP contribution is 2.33. The van der Waals surface area contributed by atoms with Crippen molar-refractivity contribution in [2.24, 2.45) is 0 Å². The number of rotatable bonds is 4. The number of nitrogens with zero attached hydrogens (tertiary/aromatic N) is 2. The summed E-state index contributed by atoms with van der Waals surface area (Å²) in [4.78, 5) is 12.7. The zero-order valence-electron chi connectivity index (χ0n) is 16.5. The lowest BCUT2D eigenvalue weighted by Crippen LogP contribution is -2.20. The van der Waals surface area contributed by atoms with E-state index in [0.29, 0.717) is 36.1 Å². The maximum absolute atomic E-state index is 14.6. The lowest BCUT2D eigenvalue weighted by Gasteiger charge is -2.20. The molecule has 29 heavy (non-hydrogen) atoms. The summed E-state index contributed by atoms with van der Waals surface area (Å²) in [5, 5.41) is 7.08. The number of nitrogens with one attached hydrogen (secondary N) is 1. The SMILES string of the molecule is Cc1cc(C)n(-c2ccc(NC(=O)C(C)c3ccc4c(c3)OCCO4)cc2F)n1. The molecule has 0 saturated carbocycles. The van der Waals surface area contributed by atoms with Crippen LogP contribution in [0.2, 0.25) is 0 Å². The average Bonchev–Trinajstić information content (AvgIpc) is 3.04. The van der Waals surface area contributed by atoms with Crippen LogP contribution in [0.25, 0.3) is 5.69 Å². The zero-order valence-corrected chi connectivity index (χ0v) is 16.5. The van der Waals surface area contributed by atoms with Gasteiger partial charge < -0.3 is 14.8 Å². The number of hydrogen-bond donors (Lipinski definition) is 1. The second-order valence-corrected chi connectivity index (χ2v) is 7.12. The summed E-state index contributed by atoms with van der Waals surface area (Å²) in [7, 11) is 0. The lowest BCUT2D eigenvalue weighted by atomic mass is 9.99. The van der Waals surface area contributed by atoms with Crippen molar-refractivity contribution in [3.63, 3.8) is 0 Å². The topological polar surface area (TPSA) is 65.4 Å². The van der Waals surface area contributed by atoms with E-state index < -0.39 is 11.7 Å². The Hall–Kier alpha value is -3.35. The van der Waals surface area contributed by atoms with E-state index in [1.807, 2.05) is 32.0 Å². The van der Waals surface area contributed by atoms with E-state index in [0.717, 1.165) is 17.0 Å². The van der Waals surface area contributed by atoms with Crippen LogP contribution in [0.15, 0.2) is 42.5 Å². The largest absolute Gasteiger partial charge is 0.486 e. The number of amides is 1. The number of aryl methyl sites for hydroxylation is 2. The number of fused-ring (bicyclic) bond motifs is 1. The summed E-state index contributed by atoms with van der Waals surface area (Å²) in [5.41, 5.74) is 3.18. The first-order valence-corrected chi connectivity index (χ1v) is 9.46. The molecule has 0 saturated heterocycles. The molecule has 1 aliphatic rings. The fraction of sp³-hybridized carbons (Fsp3) is 0.273. The first-order chi connectivity index (χ1) is 13.9. The standard InChI is InChI=1S/C22H22FN3O3/c1-13-10-14(2)26(25-13)19-6-5-17(12-18(19)23)24-22(27)15(3)16-4-7-20-21(11-16)29-9-8-28-20/h4-7,10-12,15H,8-9H2,1-3H3,(H,24,27). The van der Waals surface area contributed by atoms with Crippen LogP contribution >= 0.6 is 0 Å². The van der Waals surface area contributed by atoms with Gasteiger partial charge in [0.1, 0.15) is 18.9 Å². The Balaban J connectivity index is 1.51. The normalized spacial score (nSPS) is 13.8. The number of anilines is 1. The molecule has 2 aromatic carbocycles. The van der Waals surface area contributed by atoms with Crippen LogP contribution in [0.4, 0.5) is 10.1 Å². The number of halogens is 1. The van der Waals surface area contributed by atoms with Crippen molar-refractivity contribution < 1.29 is 18.7 Å². The quantitative estimate of drug-likeness (QED) is 0.721. The third kappa shape index (κ3) is 3.81. The number of carbonyl (C=O) groups excluding carboxylic acids is 1. The Labute approximate surface area is 168 Å². The van der Waals surface area contributed by atoms with Crippen molar-refractivity contribution in [1.82, 2.24) is 9.78 Å². The summed E-state index contributed by atoms with van der Waals surface area (Å²) in [6.07, 6.45) is 0. The van der Waals surface area contributed by atoms with Gasteiger partial charge in [-0.1, -0.05) is 6.07 Å². The first kappa shape index (κ1) is 19.0. The number of benzene rings is 2. The van der Waals surface area contributed by atoms with Crippen LogP contribution in [-0.2, 0) is 4.79 Å². The van der Waals surface area contributed by atoms with Crippen molar-refractivity contribution in [3.05, 3.63) is 65.2 Å². The molecule has 3 aromatic rings. The zero-order chi connectivity index (χ0) is 20.5. The molecule has 0 bridgehead atoms. The van der Waals surface area contributed by atoms with Crippen LogP contribution in [-0.4, -0.2) is 28.9 Å². The Bertz CT molecular complexity index is 1080. The molecule has 1 aromatic heterocycles. The minimum atomic E-state index is -0.457. The molecule has 1 aliphatic heterocycles. The third-order valence-electron chi connectivity index (χ3n) is 4.91. The Morgan fingerprint density at radius 2 is 1.86 bits per heavy atom. The Kier molecular flexibility index (Phi) is 4.96. The minimum Gasteiger partial charge on any atom is -0.486 e. The van der Waals surface area contributed by atoms with Gasteiger partial charge in [0.15, 0.2) is 17.3 Å². The number of carbonyl (C=O) groups is 1. The maximum atomic E-state index is 14.6. The first-order valence-electron chi connectivity index (χ1n) is 9.46. The summed E-state index contributed by atoms with van der Waals surface area (Å²) >= 11 is 0. The predicted octanol–water partition coefficient (Wildman–Crippen LogP) is 4.14. The van der Waals surface area contributed by atoms with Crippen LogP contribution in [0.5, 0.6) is 11.5 Å². The van der Waals surface area contributed by atoms with Crippen molar-refractivity contribution in [1.29, 1.82) is 0 Å². The second kappa shape index (κ2) is 7.58. The molecule has 1 amide bonds. The number of ether oxygens (including phenoxy) is 2. The van der Waals surface area contributed by atoms with Gasteiger partial charge in [-0.05, 0) is 62.7 Å². The second-order valence-electron chi connectivity index (χ2n) is 7.12. The smallest absolute Gasteiger partial charge is 0.231 e. The van der Waals surface area contributed by atoms with Gasteiger partial charge in [0.05, 0.1) is 11.6 Å². The fourth-order valence-electron chi connectivity index (χ4n) is 3.36. The molecule has 0 aliphatic carbocycles. The van der Waals surface area contributed by atoms with Gasteiger partial charge >= 0.3 is 0 Å². The van der Waals surface area contributed by atoms with Crippen molar-refractivity contribution >= 4 is 11.6 Å². The van der Waals surface area contributed by atoms with E-state index in [4.69, 9.17) is 9.47 Å². The summed E-state index contributed by atoms with van der Waals surface area (Å²) in [6, 6.07) is 11.9. The minimum absolute atomic E-state index is 0.236. The van der Waals surface area contributed by atoms with E-state index >= 15 is 0 Å². The molecule has 0 fully saturated rings. The fourth-order valence-corrected chi connectivity index (χ4v) is 3.36. The summed E-state index contributed by atoms with van der Waals surface area (Å²) in [6.45, 7) is 6.51. The molecule has 7 heteroatoms. The molecule has 2 heterocycles. The van der Waals surface area contributed by atoms with Crippen LogP contribution in [0.1, 0.15) is 29.8 Å². The molecule has 0 radical (unpaired) electrons. The van der Waals surface area contributed by atoms with E-state index in [9.17, 15) is 9.18 Å². The lowest BCUT2D eigenvalue weighted by molar-refractivity contribution is -0.117. The van der Waals surface area contributed by atoms with Gasteiger partial charge in [0.25, 0.3) is 0 Å². The predicted molar refractivity (Wildman–Crippen MR) is 107 cm³/mol. The summed E-state index contributed by atoms with van der Waals surface area (Å²) in [5.74, 6) is 0.175. The average molecular weight is 395 g/mol. The van der Waals surface area contributed by atoms with Crippen LogP contribution in [0.3, 0.4) is 0 Å².